The van der Waals surface area contributed by atoms with Crippen LogP contribution in [0.1, 0.15) is 58.3 Å². The molecule has 0 amide bonds. The summed E-state index contributed by atoms with van der Waals surface area (Å²) in [4.78, 5) is 10.3. The van der Waals surface area contributed by atoms with Crippen molar-refractivity contribution in [2.75, 3.05) is 0 Å². The fourth-order valence-corrected chi connectivity index (χ4v) is 1.71. The molecular weight excluding hydrogens is 248 g/mol. The van der Waals surface area contributed by atoms with E-state index in [-0.39, 0.29) is 0 Å². The Hall–Kier alpha value is -1.57. The third kappa shape index (κ3) is 16.4. The number of carboxylic acids is 1. The van der Waals surface area contributed by atoms with Gasteiger partial charge in [-0.1, -0.05) is 74.8 Å². The van der Waals surface area contributed by atoms with Crippen molar-refractivity contribution in [1.82, 2.24) is 0 Å². The van der Waals surface area contributed by atoms with Crippen LogP contribution in [0.2, 0.25) is 0 Å². The van der Waals surface area contributed by atoms with Crippen LogP contribution in [0.25, 0.3) is 0 Å². The molecule has 0 aromatic carbocycles. The zero-order valence-corrected chi connectivity index (χ0v) is 12.6. The lowest BCUT2D eigenvalue weighted by atomic mass is 10.1. The highest BCUT2D eigenvalue weighted by atomic mass is 16.4. The van der Waals surface area contributed by atoms with Crippen molar-refractivity contribution in [3.63, 3.8) is 0 Å². The second kappa shape index (κ2) is 15.5. The quantitative estimate of drug-likeness (QED) is 0.381. The summed E-state index contributed by atoms with van der Waals surface area (Å²) in [6.07, 6.45) is 24.4. The van der Waals surface area contributed by atoms with Crippen LogP contribution in [-0.4, -0.2) is 11.1 Å². The molecule has 2 nitrogen and oxygen atoms in total. The first-order valence-corrected chi connectivity index (χ1v) is 7.64. The lowest BCUT2D eigenvalue weighted by Crippen LogP contribution is -1.93. The Balaban J connectivity index is 3.35. The van der Waals surface area contributed by atoms with E-state index in [2.05, 4.69) is 31.2 Å². The van der Waals surface area contributed by atoms with E-state index in [1.807, 2.05) is 24.3 Å². The van der Waals surface area contributed by atoms with E-state index in [9.17, 15) is 4.79 Å². The minimum absolute atomic E-state index is 0.311. The lowest BCUT2D eigenvalue weighted by Gasteiger charge is -1.97. The van der Waals surface area contributed by atoms with Gasteiger partial charge in [-0.05, 0) is 25.7 Å². The van der Waals surface area contributed by atoms with Crippen molar-refractivity contribution in [2.24, 2.45) is 0 Å². The minimum atomic E-state index is -0.682. The van der Waals surface area contributed by atoms with Crippen LogP contribution in [0.3, 0.4) is 0 Å². The Morgan fingerprint density at radius 1 is 0.800 bits per heavy atom. The molecule has 0 aromatic heterocycles. The second-order valence-corrected chi connectivity index (χ2v) is 4.73. The van der Waals surface area contributed by atoms with Crippen molar-refractivity contribution in [1.29, 1.82) is 0 Å². The predicted molar refractivity (Wildman–Crippen MR) is 86.8 cm³/mol. The highest BCUT2D eigenvalue weighted by Gasteiger charge is 1.95. The van der Waals surface area contributed by atoms with Gasteiger partial charge in [-0.25, -0.2) is 0 Å². The molecule has 0 radical (unpaired) electrons. The van der Waals surface area contributed by atoms with Gasteiger partial charge in [0.15, 0.2) is 0 Å². The van der Waals surface area contributed by atoms with Crippen molar-refractivity contribution in [3.8, 4) is 0 Å². The van der Waals surface area contributed by atoms with E-state index in [0.29, 0.717) is 6.42 Å². The summed E-state index contributed by atoms with van der Waals surface area (Å²) in [5.74, 6) is -0.682. The summed E-state index contributed by atoms with van der Waals surface area (Å²) in [6.45, 7) is 2.12. The maximum atomic E-state index is 10.3. The highest BCUT2D eigenvalue weighted by molar-refractivity contribution is 5.66. The molecule has 0 aliphatic rings. The molecule has 0 spiro atoms. The summed E-state index contributed by atoms with van der Waals surface area (Å²) in [5.41, 5.74) is 0. The number of carboxylic acid groups (broad SMARTS) is 1. The average molecular weight is 276 g/mol. The first-order chi connectivity index (χ1) is 9.77. The number of allylic oxidation sites excluding steroid dienone is 8. The van der Waals surface area contributed by atoms with Crippen molar-refractivity contribution in [3.05, 3.63) is 48.6 Å². The third-order valence-corrected chi connectivity index (χ3v) is 2.82. The Bertz CT molecular complexity index is 335. The summed E-state index contributed by atoms with van der Waals surface area (Å²) >= 11 is 0. The van der Waals surface area contributed by atoms with Crippen LogP contribution in [0, 0.1) is 0 Å². The van der Waals surface area contributed by atoms with E-state index >= 15 is 0 Å². The standard InChI is InChI=1S/C18H28O2/c1-2-3-4-5-6-7-8-9-10-11-12-13-14-15-16-17-18(19)20/h3-10H,2,11-17H2,1H3,(H,19,20)/b4-3+,6-5?,8-7?,10-9?. The summed E-state index contributed by atoms with van der Waals surface area (Å²) in [7, 11) is 0. The largest absolute Gasteiger partial charge is 0.481 e. The monoisotopic (exact) mass is 276 g/mol. The Morgan fingerprint density at radius 2 is 1.35 bits per heavy atom. The first kappa shape index (κ1) is 18.4. The van der Waals surface area contributed by atoms with Gasteiger partial charge in [0.1, 0.15) is 0 Å². The van der Waals surface area contributed by atoms with E-state index in [0.717, 1.165) is 32.1 Å². The van der Waals surface area contributed by atoms with Gasteiger partial charge in [0, 0.05) is 6.42 Å². The SMILES string of the molecule is CC/C=C/C=CC=CC=CCCCCCCCC(=O)O. The number of carbonyl (C=O) groups is 1. The zero-order valence-electron chi connectivity index (χ0n) is 12.6. The molecule has 0 heterocycles. The lowest BCUT2D eigenvalue weighted by molar-refractivity contribution is -0.137. The van der Waals surface area contributed by atoms with Gasteiger partial charge in [-0.3, -0.25) is 4.79 Å². The number of rotatable bonds is 12. The van der Waals surface area contributed by atoms with E-state index in [4.69, 9.17) is 5.11 Å². The topological polar surface area (TPSA) is 37.3 Å². The van der Waals surface area contributed by atoms with Crippen molar-refractivity contribution in [2.45, 2.75) is 58.3 Å². The number of hydrogen-bond acceptors (Lipinski definition) is 1. The predicted octanol–water partition coefficient (Wildman–Crippen LogP) is 5.44. The molecule has 0 unspecified atom stereocenters. The molecule has 0 fully saturated rings. The van der Waals surface area contributed by atoms with Crippen LogP contribution in [0.5, 0.6) is 0 Å². The molecule has 0 atom stereocenters. The molecule has 2 heteroatoms. The molecule has 0 aliphatic heterocycles. The number of hydrogen-bond donors (Lipinski definition) is 1. The fraction of sp³-hybridized carbons (Fsp3) is 0.500. The van der Waals surface area contributed by atoms with Gasteiger partial charge < -0.3 is 5.11 Å². The molecule has 1 N–H and O–H groups in total. The van der Waals surface area contributed by atoms with Gasteiger partial charge in [0.05, 0.1) is 0 Å². The Kier molecular flexibility index (Phi) is 14.3. The average Bonchev–Trinajstić information content (AvgIpc) is 2.43. The molecule has 0 aliphatic carbocycles. The minimum Gasteiger partial charge on any atom is -0.481 e. The van der Waals surface area contributed by atoms with Gasteiger partial charge in [-0.2, -0.15) is 0 Å². The van der Waals surface area contributed by atoms with Crippen molar-refractivity contribution < 1.29 is 9.90 Å². The van der Waals surface area contributed by atoms with Crippen LogP contribution in [0.15, 0.2) is 48.6 Å². The normalized spacial score (nSPS) is 12.4. The van der Waals surface area contributed by atoms with Crippen molar-refractivity contribution >= 4 is 5.97 Å². The smallest absolute Gasteiger partial charge is 0.303 e. The van der Waals surface area contributed by atoms with Crippen LogP contribution < -0.4 is 0 Å². The molecule has 20 heavy (non-hydrogen) atoms. The maximum Gasteiger partial charge on any atom is 0.303 e. The third-order valence-electron chi connectivity index (χ3n) is 2.82. The number of unbranched alkanes of at least 4 members (excludes halogenated alkanes) is 5. The molecule has 112 valence electrons. The first-order valence-electron chi connectivity index (χ1n) is 7.64. The second-order valence-electron chi connectivity index (χ2n) is 4.73. The Labute approximate surface area is 123 Å². The summed E-state index contributed by atoms with van der Waals surface area (Å²) in [6, 6.07) is 0. The molecule has 0 rings (SSSR count). The van der Waals surface area contributed by atoms with Gasteiger partial charge in [-0.15, -0.1) is 0 Å². The molecule has 0 saturated heterocycles. The highest BCUT2D eigenvalue weighted by Crippen LogP contribution is 2.07. The maximum absolute atomic E-state index is 10.3. The summed E-state index contributed by atoms with van der Waals surface area (Å²) in [5, 5.41) is 8.49. The molecular formula is C18H28O2. The van der Waals surface area contributed by atoms with Crippen LogP contribution in [0.4, 0.5) is 0 Å². The molecule has 0 aromatic rings. The molecule has 0 bridgehead atoms. The molecule has 0 saturated carbocycles. The van der Waals surface area contributed by atoms with E-state index in [1.165, 1.54) is 12.8 Å². The zero-order chi connectivity index (χ0) is 14.9. The summed E-state index contributed by atoms with van der Waals surface area (Å²) < 4.78 is 0. The fourth-order valence-electron chi connectivity index (χ4n) is 1.71. The van der Waals surface area contributed by atoms with Crippen LogP contribution in [-0.2, 0) is 4.79 Å². The van der Waals surface area contributed by atoms with Gasteiger partial charge >= 0.3 is 5.97 Å². The van der Waals surface area contributed by atoms with Gasteiger partial charge in [0.2, 0.25) is 0 Å². The number of aliphatic carboxylic acids is 1. The van der Waals surface area contributed by atoms with E-state index in [1.54, 1.807) is 0 Å². The Morgan fingerprint density at radius 3 is 2.00 bits per heavy atom. The van der Waals surface area contributed by atoms with Gasteiger partial charge in [0.25, 0.3) is 0 Å². The van der Waals surface area contributed by atoms with E-state index < -0.39 is 5.97 Å². The van der Waals surface area contributed by atoms with Crippen LogP contribution >= 0.6 is 0 Å².